The molecule has 0 saturated carbocycles. The Labute approximate surface area is 99.4 Å². The fourth-order valence-electron chi connectivity index (χ4n) is 1.70. The van der Waals surface area contributed by atoms with Gasteiger partial charge in [0.05, 0.1) is 0 Å². The molecule has 1 atom stereocenters. The highest BCUT2D eigenvalue weighted by Crippen LogP contribution is 2.32. The summed E-state index contributed by atoms with van der Waals surface area (Å²) >= 11 is 0. The number of rotatable bonds is 4. The SMILES string of the molecule is CNC(c1ccc(CN(C)C)cc1)C(F)(F)F. The fraction of sp³-hybridized carbons (Fsp3) is 0.500. The van der Waals surface area contributed by atoms with Crippen LogP contribution in [-0.2, 0) is 6.54 Å². The van der Waals surface area contributed by atoms with Crippen molar-refractivity contribution < 1.29 is 13.2 Å². The minimum Gasteiger partial charge on any atom is -0.306 e. The standard InChI is InChI=1S/C12H17F3N2/c1-16-11(12(13,14)15)10-6-4-9(5-7-10)8-17(2)3/h4-7,11,16H,8H2,1-3H3. The third-order valence-electron chi connectivity index (χ3n) is 2.43. The van der Waals surface area contributed by atoms with E-state index < -0.39 is 12.2 Å². The first-order valence-corrected chi connectivity index (χ1v) is 5.32. The van der Waals surface area contributed by atoms with Gasteiger partial charge in [-0.15, -0.1) is 0 Å². The van der Waals surface area contributed by atoms with Crippen molar-refractivity contribution in [2.75, 3.05) is 21.1 Å². The molecule has 1 aromatic rings. The Balaban J connectivity index is 2.86. The van der Waals surface area contributed by atoms with Gasteiger partial charge in [-0.3, -0.25) is 0 Å². The number of nitrogens with one attached hydrogen (secondary N) is 1. The highest BCUT2D eigenvalue weighted by molar-refractivity contribution is 5.26. The van der Waals surface area contributed by atoms with E-state index >= 15 is 0 Å². The summed E-state index contributed by atoms with van der Waals surface area (Å²) in [6.07, 6.45) is -4.27. The van der Waals surface area contributed by atoms with E-state index in [9.17, 15) is 13.2 Å². The Bertz CT molecular complexity index is 344. The van der Waals surface area contributed by atoms with Gasteiger partial charge in [0.1, 0.15) is 6.04 Å². The van der Waals surface area contributed by atoms with Gasteiger partial charge in [-0.05, 0) is 32.3 Å². The molecule has 0 fully saturated rings. The van der Waals surface area contributed by atoms with Crippen LogP contribution in [0.2, 0.25) is 0 Å². The van der Waals surface area contributed by atoms with E-state index in [1.54, 1.807) is 12.1 Å². The molecule has 0 amide bonds. The molecule has 0 spiro atoms. The zero-order chi connectivity index (χ0) is 13.1. The molecule has 96 valence electrons. The molecule has 0 aliphatic carbocycles. The maximum atomic E-state index is 12.6. The van der Waals surface area contributed by atoms with E-state index in [0.717, 1.165) is 12.1 Å². The van der Waals surface area contributed by atoms with Crippen molar-refractivity contribution in [3.8, 4) is 0 Å². The van der Waals surface area contributed by atoms with Crippen LogP contribution in [0.1, 0.15) is 17.2 Å². The van der Waals surface area contributed by atoms with E-state index in [1.165, 1.54) is 19.2 Å². The van der Waals surface area contributed by atoms with Gasteiger partial charge in [-0.1, -0.05) is 24.3 Å². The number of alkyl halides is 3. The highest BCUT2D eigenvalue weighted by Gasteiger charge is 2.39. The fourth-order valence-corrected chi connectivity index (χ4v) is 1.70. The predicted molar refractivity (Wildman–Crippen MR) is 61.7 cm³/mol. The molecule has 0 saturated heterocycles. The molecule has 0 heterocycles. The molecule has 17 heavy (non-hydrogen) atoms. The van der Waals surface area contributed by atoms with Crippen molar-refractivity contribution in [3.63, 3.8) is 0 Å². The van der Waals surface area contributed by atoms with Crippen LogP contribution in [0.15, 0.2) is 24.3 Å². The van der Waals surface area contributed by atoms with Crippen LogP contribution in [0.5, 0.6) is 0 Å². The summed E-state index contributed by atoms with van der Waals surface area (Å²) in [7, 11) is 5.14. The second kappa shape index (κ2) is 5.51. The molecule has 2 nitrogen and oxygen atoms in total. The smallest absolute Gasteiger partial charge is 0.306 e. The Morgan fingerprint density at radius 1 is 1.18 bits per heavy atom. The van der Waals surface area contributed by atoms with Gasteiger partial charge in [-0.25, -0.2) is 0 Å². The number of hydrogen-bond donors (Lipinski definition) is 1. The van der Waals surface area contributed by atoms with Crippen molar-refractivity contribution in [1.82, 2.24) is 10.2 Å². The number of halogens is 3. The molecule has 1 aromatic carbocycles. The average Bonchev–Trinajstić information content (AvgIpc) is 2.18. The molecule has 1 unspecified atom stereocenters. The average molecular weight is 246 g/mol. The topological polar surface area (TPSA) is 15.3 Å². The summed E-state index contributed by atoms with van der Waals surface area (Å²) in [5.74, 6) is 0. The van der Waals surface area contributed by atoms with Crippen molar-refractivity contribution in [3.05, 3.63) is 35.4 Å². The molecule has 0 radical (unpaired) electrons. The Kier molecular flexibility index (Phi) is 4.54. The molecular formula is C12H17F3N2. The lowest BCUT2D eigenvalue weighted by Crippen LogP contribution is -2.31. The summed E-state index contributed by atoms with van der Waals surface area (Å²) in [5.41, 5.74) is 1.23. The second-order valence-corrected chi connectivity index (χ2v) is 4.24. The lowest BCUT2D eigenvalue weighted by Gasteiger charge is -2.20. The van der Waals surface area contributed by atoms with E-state index in [-0.39, 0.29) is 5.56 Å². The first-order chi connectivity index (χ1) is 7.84. The first kappa shape index (κ1) is 14.0. The van der Waals surface area contributed by atoms with Gasteiger partial charge in [0.25, 0.3) is 0 Å². The summed E-state index contributed by atoms with van der Waals surface area (Å²) in [4.78, 5) is 1.97. The summed E-state index contributed by atoms with van der Waals surface area (Å²) in [6.45, 7) is 0.719. The lowest BCUT2D eigenvalue weighted by atomic mass is 10.0. The van der Waals surface area contributed by atoms with Gasteiger partial charge in [0, 0.05) is 6.54 Å². The lowest BCUT2D eigenvalue weighted by molar-refractivity contribution is -0.156. The predicted octanol–water partition coefficient (Wildman–Crippen LogP) is 2.57. The minimum atomic E-state index is -4.27. The van der Waals surface area contributed by atoms with Crippen LogP contribution in [0, 0.1) is 0 Å². The molecule has 0 bridgehead atoms. The third-order valence-corrected chi connectivity index (χ3v) is 2.43. The molecule has 0 aliphatic heterocycles. The second-order valence-electron chi connectivity index (χ2n) is 4.24. The number of benzene rings is 1. The van der Waals surface area contributed by atoms with Gasteiger partial charge in [-0.2, -0.15) is 13.2 Å². The zero-order valence-corrected chi connectivity index (χ0v) is 10.2. The minimum absolute atomic E-state index is 0.238. The van der Waals surface area contributed by atoms with Gasteiger partial charge >= 0.3 is 6.18 Å². The van der Waals surface area contributed by atoms with Crippen molar-refractivity contribution in [2.24, 2.45) is 0 Å². The highest BCUT2D eigenvalue weighted by atomic mass is 19.4. The number of nitrogens with zero attached hydrogens (tertiary/aromatic N) is 1. The normalized spacial score (nSPS) is 14.1. The van der Waals surface area contributed by atoms with E-state index in [2.05, 4.69) is 5.32 Å². The summed E-state index contributed by atoms with van der Waals surface area (Å²) in [6, 6.07) is 4.90. The maximum absolute atomic E-state index is 12.6. The van der Waals surface area contributed by atoms with Crippen LogP contribution >= 0.6 is 0 Å². The Morgan fingerprint density at radius 2 is 1.71 bits per heavy atom. The van der Waals surface area contributed by atoms with Crippen molar-refractivity contribution in [1.29, 1.82) is 0 Å². The van der Waals surface area contributed by atoms with E-state index in [0.29, 0.717) is 0 Å². The molecule has 1 rings (SSSR count). The molecule has 5 heteroatoms. The quantitative estimate of drug-likeness (QED) is 0.878. The molecule has 0 aliphatic rings. The van der Waals surface area contributed by atoms with Gasteiger partial charge in [0.15, 0.2) is 0 Å². The first-order valence-electron chi connectivity index (χ1n) is 5.32. The van der Waals surface area contributed by atoms with E-state index in [1.807, 2.05) is 19.0 Å². The molecular weight excluding hydrogens is 229 g/mol. The van der Waals surface area contributed by atoms with Crippen LogP contribution in [0.3, 0.4) is 0 Å². The Morgan fingerprint density at radius 3 is 2.06 bits per heavy atom. The largest absolute Gasteiger partial charge is 0.407 e. The Hall–Kier alpha value is -1.07. The van der Waals surface area contributed by atoms with Crippen molar-refractivity contribution >= 4 is 0 Å². The van der Waals surface area contributed by atoms with Crippen LogP contribution in [0.25, 0.3) is 0 Å². The van der Waals surface area contributed by atoms with Crippen LogP contribution in [0.4, 0.5) is 13.2 Å². The monoisotopic (exact) mass is 246 g/mol. The van der Waals surface area contributed by atoms with Crippen molar-refractivity contribution in [2.45, 2.75) is 18.8 Å². The van der Waals surface area contributed by atoms with E-state index in [4.69, 9.17) is 0 Å². The number of hydrogen-bond acceptors (Lipinski definition) is 2. The third kappa shape index (κ3) is 4.02. The summed E-state index contributed by atoms with van der Waals surface area (Å²) in [5, 5.41) is 2.28. The molecule has 1 N–H and O–H groups in total. The molecule has 0 aromatic heterocycles. The van der Waals surface area contributed by atoms with Gasteiger partial charge in [0.2, 0.25) is 0 Å². The van der Waals surface area contributed by atoms with Gasteiger partial charge < -0.3 is 10.2 Å². The zero-order valence-electron chi connectivity index (χ0n) is 10.2. The maximum Gasteiger partial charge on any atom is 0.407 e. The van der Waals surface area contributed by atoms with Crippen LogP contribution < -0.4 is 5.32 Å². The van der Waals surface area contributed by atoms with Crippen LogP contribution in [-0.4, -0.2) is 32.2 Å². The summed E-state index contributed by atoms with van der Waals surface area (Å²) < 4.78 is 37.9.